The number of para-hydroxylation sites is 1. The largest absolute Gasteiger partial charge is 0.361 e. The Bertz CT molecular complexity index is 986. The second-order valence-corrected chi connectivity index (χ2v) is 8.38. The predicted molar refractivity (Wildman–Crippen MR) is 116 cm³/mol. The molecule has 1 fully saturated rings. The highest BCUT2D eigenvalue weighted by atomic mass is 16.2. The molecule has 1 atom stereocenters. The van der Waals surface area contributed by atoms with Crippen LogP contribution >= 0.6 is 0 Å². The van der Waals surface area contributed by atoms with Crippen molar-refractivity contribution in [2.24, 2.45) is 7.05 Å². The van der Waals surface area contributed by atoms with Gasteiger partial charge in [-0.1, -0.05) is 18.2 Å². The Balaban J connectivity index is 1.38. The number of carbonyl (C=O) groups excluding carboxylic acids is 1. The molecular formula is C23H31N5O. The number of aryl methyl sites for hydroxylation is 2. The van der Waals surface area contributed by atoms with Crippen molar-refractivity contribution in [1.82, 2.24) is 24.6 Å². The molecule has 1 aromatic carbocycles. The van der Waals surface area contributed by atoms with Crippen LogP contribution in [0.15, 0.2) is 36.5 Å². The molecule has 3 heterocycles. The molecule has 1 N–H and O–H groups in total. The van der Waals surface area contributed by atoms with Gasteiger partial charge in [-0.2, -0.15) is 5.10 Å². The fourth-order valence-corrected chi connectivity index (χ4v) is 4.45. The zero-order chi connectivity index (χ0) is 20.4. The molecule has 1 amide bonds. The van der Waals surface area contributed by atoms with Crippen LogP contribution in [-0.4, -0.2) is 51.1 Å². The van der Waals surface area contributed by atoms with E-state index in [1.165, 1.54) is 16.6 Å². The maximum Gasteiger partial charge on any atom is 0.223 e. The van der Waals surface area contributed by atoms with Crippen LogP contribution in [0.3, 0.4) is 0 Å². The third-order valence-electron chi connectivity index (χ3n) is 5.90. The minimum Gasteiger partial charge on any atom is -0.361 e. The number of benzene rings is 1. The smallest absolute Gasteiger partial charge is 0.223 e. The van der Waals surface area contributed by atoms with Gasteiger partial charge in [0.15, 0.2) is 0 Å². The second kappa shape index (κ2) is 8.41. The van der Waals surface area contributed by atoms with Gasteiger partial charge < -0.3 is 14.8 Å². The average Bonchev–Trinajstić information content (AvgIpc) is 3.41. The number of carbonyl (C=O) groups is 1. The fourth-order valence-electron chi connectivity index (χ4n) is 4.45. The number of nitrogens with zero attached hydrogens (tertiary/aromatic N) is 4. The molecule has 1 saturated heterocycles. The zero-order valence-electron chi connectivity index (χ0n) is 17.7. The van der Waals surface area contributed by atoms with E-state index < -0.39 is 0 Å². The van der Waals surface area contributed by atoms with Gasteiger partial charge in [-0.3, -0.25) is 9.48 Å². The van der Waals surface area contributed by atoms with E-state index in [4.69, 9.17) is 5.10 Å². The molecule has 0 bridgehead atoms. The zero-order valence-corrected chi connectivity index (χ0v) is 17.7. The highest BCUT2D eigenvalue weighted by Crippen LogP contribution is 2.32. The van der Waals surface area contributed by atoms with Gasteiger partial charge in [-0.15, -0.1) is 0 Å². The summed E-state index contributed by atoms with van der Waals surface area (Å²) in [5.74, 6) is 0.257. The normalized spacial score (nSPS) is 17.0. The standard InChI is InChI=1S/C23H31N5O/c1-26(2)16-18-14-21(25-27(18)3)22-11-7-13-28(22)23(29)12-6-8-17-15-24-20-10-5-4-9-19(17)20/h4-5,9-10,14-15,22,24H,6-8,11-13,16H2,1-3H3/t22-/m0/s1. The minimum absolute atomic E-state index is 0.123. The van der Waals surface area contributed by atoms with Crippen LogP contribution < -0.4 is 0 Å². The molecule has 4 rings (SSSR count). The molecule has 1 aliphatic heterocycles. The van der Waals surface area contributed by atoms with Crippen molar-refractivity contribution in [3.8, 4) is 0 Å². The quantitative estimate of drug-likeness (QED) is 0.667. The molecule has 0 spiro atoms. The molecule has 1 aliphatic rings. The number of aromatic amines is 1. The molecule has 2 aromatic heterocycles. The third-order valence-corrected chi connectivity index (χ3v) is 5.90. The van der Waals surface area contributed by atoms with Crippen molar-refractivity contribution in [1.29, 1.82) is 0 Å². The third kappa shape index (κ3) is 4.22. The van der Waals surface area contributed by atoms with Crippen molar-refractivity contribution in [2.45, 2.75) is 44.7 Å². The molecule has 154 valence electrons. The number of amides is 1. The first-order valence-electron chi connectivity index (χ1n) is 10.5. The first-order valence-corrected chi connectivity index (χ1v) is 10.5. The van der Waals surface area contributed by atoms with Gasteiger partial charge in [0.25, 0.3) is 0 Å². The van der Waals surface area contributed by atoms with E-state index in [1.54, 1.807) is 0 Å². The van der Waals surface area contributed by atoms with Crippen LogP contribution in [0.25, 0.3) is 10.9 Å². The molecule has 6 heteroatoms. The summed E-state index contributed by atoms with van der Waals surface area (Å²) in [5.41, 5.74) is 4.68. The lowest BCUT2D eigenvalue weighted by Gasteiger charge is -2.23. The van der Waals surface area contributed by atoms with Gasteiger partial charge in [0, 0.05) is 43.7 Å². The van der Waals surface area contributed by atoms with Crippen molar-refractivity contribution in [2.75, 3.05) is 20.6 Å². The summed E-state index contributed by atoms with van der Waals surface area (Å²) in [6, 6.07) is 10.6. The first kappa shape index (κ1) is 19.7. The number of hydrogen-bond acceptors (Lipinski definition) is 3. The summed E-state index contributed by atoms with van der Waals surface area (Å²) in [7, 11) is 6.11. The average molecular weight is 394 g/mol. The second-order valence-electron chi connectivity index (χ2n) is 8.38. The molecular weight excluding hydrogens is 362 g/mol. The molecule has 0 radical (unpaired) electrons. The van der Waals surface area contributed by atoms with Crippen LogP contribution in [0.5, 0.6) is 0 Å². The lowest BCUT2D eigenvalue weighted by molar-refractivity contribution is -0.132. The van der Waals surface area contributed by atoms with E-state index in [0.717, 1.165) is 50.0 Å². The molecule has 6 nitrogen and oxygen atoms in total. The summed E-state index contributed by atoms with van der Waals surface area (Å²) >= 11 is 0. The van der Waals surface area contributed by atoms with Gasteiger partial charge in [0.1, 0.15) is 0 Å². The first-order chi connectivity index (χ1) is 14.0. The van der Waals surface area contributed by atoms with Crippen LogP contribution in [0.2, 0.25) is 0 Å². The Hall–Kier alpha value is -2.60. The molecule has 0 aliphatic carbocycles. The van der Waals surface area contributed by atoms with Crippen LogP contribution in [0, 0.1) is 0 Å². The number of nitrogens with one attached hydrogen (secondary N) is 1. The highest BCUT2D eigenvalue weighted by Gasteiger charge is 2.31. The van der Waals surface area contributed by atoms with Gasteiger partial charge in [-0.05, 0) is 57.5 Å². The van der Waals surface area contributed by atoms with Crippen molar-refractivity contribution in [3.05, 3.63) is 53.5 Å². The van der Waals surface area contributed by atoms with Gasteiger partial charge in [0.05, 0.1) is 17.4 Å². The Morgan fingerprint density at radius 1 is 1.31 bits per heavy atom. The molecule has 29 heavy (non-hydrogen) atoms. The van der Waals surface area contributed by atoms with Gasteiger partial charge >= 0.3 is 0 Å². The maximum absolute atomic E-state index is 13.0. The summed E-state index contributed by atoms with van der Waals surface area (Å²) in [6.07, 6.45) is 6.52. The topological polar surface area (TPSA) is 57.2 Å². The molecule has 0 saturated carbocycles. The van der Waals surface area contributed by atoms with Gasteiger partial charge in [0.2, 0.25) is 5.91 Å². The Morgan fingerprint density at radius 2 is 2.14 bits per heavy atom. The summed E-state index contributed by atoms with van der Waals surface area (Å²) < 4.78 is 1.95. The van der Waals surface area contributed by atoms with Crippen molar-refractivity contribution >= 4 is 16.8 Å². The SMILES string of the molecule is CN(C)Cc1cc([C@@H]2CCCN2C(=O)CCCc2c[nH]c3ccccc23)nn1C. The minimum atomic E-state index is 0.123. The van der Waals surface area contributed by atoms with E-state index in [0.29, 0.717) is 6.42 Å². The lowest BCUT2D eigenvalue weighted by Crippen LogP contribution is -2.30. The number of likely N-dealkylation sites (tertiary alicyclic amines) is 1. The molecule has 0 unspecified atom stereocenters. The number of hydrogen-bond donors (Lipinski definition) is 1. The van der Waals surface area contributed by atoms with E-state index >= 15 is 0 Å². The van der Waals surface area contributed by atoms with Crippen LogP contribution in [-0.2, 0) is 24.8 Å². The van der Waals surface area contributed by atoms with E-state index in [-0.39, 0.29) is 11.9 Å². The van der Waals surface area contributed by atoms with E-state index in [9.17, 15) is 4.79 Å². The summed E-state index contributed by atoms with van der Waals surface area (Å²) in [4.78, 5) is 20.5. The van der Waals surface area contributed by atoms with Crippen molar-refractivity contribution in [3.63, 3.8) is 0 Å². The maximum atomic E-state index is 13.0. The highest BCUT2D eigenvalue weighted by molar-refractivity contribution is 5.83. The number of rotatable bonds is 7. The van der Waals surface area contributed by atoms with Crippen LogP contribution in [0.4, 0.5) is 0 Å². The predicted octanol–water partition coefficient (Wildman–Crippen LogP) is 3.65. The van der Waals surface area contributed by atoms with Gasteiger partial charge in [-0.25, -0.2) is 0 Å². The lowest BCUT2D eigenvalue weighted by atomic mass is 10.1. The Kier molecular flexibility index (Phi) is 5.72. The van der Waals surface area contributed by atoms with Crippen molar-refractivity contribution < 1.29 is 4.79 Å². The number of aromatic nitrogens is 3. The summed E-state index contributed by atoms with van der Waals surface area (Å²) in [6.45, 7) is 1.70. The Labute approximate surface area is 172 Å². The number of H-pyrrole nitrogens is 1. The van der Waals surface area contributed by atoms with E-state index in [2.05, 4.69) is 59.3 Å². The summed E-state index contributed by atoms with van der Waals surface area (Å²) in [5, 5.41) is 5.99. The molecule has 3 aromatic rings. The number of fused-ring (bicyclic) bond motifs is 1. The monoisotopic (exact) mass is 393 g/mol. The van der Waals surface area contributed by atoms with E-state index in [1.807, 2.05) is 17.8 Å². The Morgan fingerprint density at radius 3 is 2.97 bits per heavy atom. The fraction of sp³-hybridized carbons (Fsp3) is 0.478. The van der Waals surface area contributed by atoms with Crippen LogP contribution in [0.1, 0.15) is 48.7 Å².